The van der Waals surface area contributed by atoms with Crippen LogP contribution in [0, 0.1) is 5.92 Å². The molecule has 0 aliphatic heterocycles. The summed E-state index contributed by atoms with van der Waals surface area (Å²) in [5.41, 5.74) is 7.88. The van der Waals surface area contributed by atoms with E-state index in [4.69, 9.17) is 5.73 Å². The number of hydrogen-bond donors (Lipinski definition) is 1. The summed E-state index contributed by atoms with van der Waals surface area (Å²) >= 11 is 0. The molecule has 2 aromatic rings. The Labute approximate surface area is 81.8 Å². The van der Waals surface area contributed by atoms with Gasteiger partial charge in [-0.25, -0.2) is 4.98 Å². The second kappa shape index (κ2) is 2.47. The Bertz CT molecular complexity index is 488. The summed E-state index contributed by atoms with van der Waals surface area (Å²) in [6, 6.07) is 2.52. The van der Waals surface area contributed by atoms with Crippen molar-refractivity contribution in [1.29, 1.82) is 0 Å². The molecule has 2 N–H and O–H groups in total. The van der Waals surface area contributed by atoms with Gasteiger partial charge < -0.3 is 10.3 Å². The number of aromatic nitrogens is 3. The largest absolute Gasteiger partial charge is 0.369 e. The van der Waals surface area contributed by atoms with E-state index in [0.717, 1.165) is 17.0 Å². The molecular formula is C10H12N4. The standard InChI is InChI=1S/C10H12N4/c1-6-4-9(6)14-8-2-3-12-5-7(8)13-10(14)11/h2-3,5-6,9H,4H2,1H3,(H2,11,13). The highest BCUT2D eigenvalue weighted by atomic mass is 15.2. The summed E-state index contributed by atoms with van der Waals surface area (Å²) in [7, 11) is 0. The van der Waals surface area contributed by atoms with Gasteiger partial charge in [0.15, 0.2) is 0 Å². The van der Waals surface area contributed by atoms with Crippen molar-refractivity contribution in [3.05, 3.63) is 18.5 Å². The molecule has 2 atom stereocenters. The maximum Gasteiger partial charge on any atom is 0.201 e. The Morgan fingerprint density at radius 1 is 1.57 bits per heavy atom. The minimum Gasteiger partial charge on any atom is -0.369 e. The number of hydrogen-bond acceptors (Lipinski definition) is 3. The van der Waals surface area contributed by atoms with Crippen LogP contribution in [0.1, 0.15) is 19.4 Å². The van der Waals surface area contributed by atoms with Crippen LogP contribution in [0.3, 0.4) is 0 Å². The Morgan fingerprint density at radius 3 is 3.07 bits per heavy atom. The normalized spacial score (nSPS) is 25.5. The van der Waals surface area contributed by atoms with Crippen molar-refractivity contribution in [3.8, 4) is 0 Å². The minimum atomic E-state index is 0.544. The van der Waals surface area contributed by atoms with Crippen molar-refractivity contribution >= 4 is 17.0 Å². The third-order valence-corrected chi connectivity index (χ3v) is 2.92. The summed E-state index contributed by atoms with van der Waals surface area (Å²) < 4.78 is 2.13. The molecule has 0 spiro atoms. The monoisotopic (exact) mass is 188 g/mol. The molecule has 2 aromatic heterocycles. The zero-order chi connectivity index (χ0) is 9.71. The van der Waals surface area contributed by atoms with Crippen LogP contribution in [-0.2, 0) is 0 Å². The van der Waals surface area contributed by atoms with Crippen LogP contribution in [0.2, 0.25) is 0 Å². The molecule has 4 heteroatoms. The molecule has 14 heavy (non-hydrogen) atoms. The molecule has 0 radical (unpaired) electrons. The molecule has 1 saturated carbocycles. The van der Waals surface area contributed by atoms with Crippen molar-refractivity contribution in [2.24, 2.45) is 5.92 Å². The Morgan fingerprint density at radius 2 is 2.36 bits per heavy atom. The molecule has 0 bridgehead atoms. The lowest BCUT2D eigenvalue weighted by Crippen LogP contribution is -2.01. The number of pyridine rings is 1. The number of rotatable bonds is 1. The van der Waals surface area contributed by atoms with Gasteiger partial charge in [-0.05, 0) is 18.4 Å². The number of anilines is 1. The van der Waals surface area contributed by atoms with Gasteiger partial charge in [0, 0.05) is 12.2 Å². The summed E-state index contributed by atoms with van der Waals surface area (Å²) in [5, 5.41) is 0. The molecule has 2 heterocycles. The second-order valence-corrected chi connectivity index (χ2v) is 3.98. The van der Waals surface area contributed by atoms with Crippen LogP contribution in [0.4, 0.5) is 5.95 Å². The molecule has 1 aliphatic carbocycles. The van der Waals surface area contributed by atoms with E-state index in [0.29, 0.717) is 12.0 Å². The molecule has 1 fully saturated rings. The summed E-state index contributed by atoms with van der Waals surface area (Å²) in [5.74, 6) is 1.34. The van der Waals surface area contributed by atoms with E-state index in [9.17, 15) is 0 Å². The smallest absolute Gasteiger partial charge is 0.201 e. The molecule has 72 valence electrons. The highest BCUT2D eigenvalue weighted by Crippen LogP contribution is 2.45. The van der Waals surface area contributed by atoms with Crippen LogP contribution < -0.4 is 5.73 Å². The first kappa shape index (κ1) is 7.79. The molecule has 0 aromatic carbocycles. The van der Waals surface area contributed by atoms with Gasteiger partial charge in [-0.15, -0.1) is 0 Å². The second-order valence-electron chi connectivity index (χ2n) is 3.98. The summed E-state index contributed by atoms with van der Waals surface area (Å²) in [6.45, 7) is 2.23. The van der Waals surface area contributed by atoms with Crippen molar-refractivity contribution < 1.29 is 0 Å². The molecule has 2 unspecified atom stereocenters. The zero-order valence-electron chi connectivity index (χ0n) is 8.01. The van der Waals surface area contributed by atoms with Crippen LogP contribution in [-0.4, -0.2) is 14.5 Å². The lowest BCUT2D eigenvalue weighted by atomic mass is 10.4. The van der Waals surface area contributed by atoms with Crippen LogP contribution in [0.25, 0.3) is 11.0 Å². The van der Waals surface area contributed by atoms with Crippen LogP contribution in [0.15, 0.2) is 18.5 Å². The average Bonchev–Trinajstić information content (AvgIpc) is 2.78. The SMILES string of the molecule is CC1CC1n1c(N)nc2cnccc21. The van der Waals surface area contributed by atoms with E-state index >= 15 is 0 Å². The van der Waals surface area contributed by atoms with Crippen molar-refractivity contribution in [2.45, 2.75) is 19.4 Å². The van der Waals surface area contributed by atoms with E-state index in [-0.39, 0.29) is 0 Å². The predicted molar refractivity (Wildman–Crippen MR) is 54.8 cm³/mol. The van der Waals surface area contributed by atoms with Gasteiger partial charge in [0.05, 0.1) is 11.7 Å². The summed E-state index contributed by atoms with van der Waals surface area (Å²) in [6.07, 6.45) is 4.75. The van der Waals surface area contributed by atoms with E-state index in [1.54, 1.807) is 12.4 Å². The molecule has 0 amide bonds. The van der Waals surface area contributed by atoms with Gasteiger partial charge in [-0.2, -0.15) is 0 Å². The third-order valence-electron chi connectivity index (χ3n) is 2.92. The number of imidazole rings is 1. The molecule has 3 rings (SSSR count). The Hall–Kier alpha value is -1.58. The zero-order valence-corrected chi connectivity index (χ0v) is 8.01. The van der Waals surface area contributed by atoms with Gasteiger partial charge in [0.2, 0.25) is 5.95 Å². The highest BCUT2D eigenvalue weighted by Gasteiger charge is 2.36. The van der Waals surface area contributed by atoms with Crippen molar-refractivity contribution in [1.82, 2.24) is 14.5 Å². The van der Waals surface area contributed by atoms with E-state index in [1.165, 1.54) is 6.42 Å². The quantitative estimate of drug-likeness (QED) is 0.739. The first-order chi connectivity index (χ1) is 6.77. The van der Waals surface area contributed by atoms with Gasteiger partial charge in [0.1, 0.15) is 5.52 Å². The topological polar surface area (TPSA) is 56.7 Å². The first-order valence-electron chi connectivity index (χ1n) is 4.85. The van der Waals surface area contributed by atoms with Crippen LogP contribution >= 0.6 is 0 Å². The van der Waals surface area contributed by atoms with Crippen molar-refractivity contribution in [2.75, 3.05) is 5.73 Å². The maximum atomic E-state index is 5.88. The van der Waals surface area contributed by atoms with E-state index < -0.39 is 0 Å². The van der Waals surface area contributed by atoms with Crippen molar-refractivity contribution in [3.63, 3.8) is 0 Å². The minimum absolute atomic E-state index is 0.544. The Balaban J connectivity index is 2.25. The van der Waals surface area contributed by atoms with E-state index in [2.05, 4.69) is 21.5 Å². The third kappa shape index (κ3) is 0.937. The highest BCUT2D eigenvalue weighted by molar-refractivity contribution is 5.77. The van der Waals surface area contributed by atoms with E-state index in [1.807, 2.05) is 6.07 Å². The lowest BCUT2D eigenvalue weighted by molar-refractivity contribution is 0.714. The molecule has 4 nitrogen and oxygen atoms in total. The first-order valence-corrected chi connectivity index (χ1v) is 4.85. The van der Waals surface area contributed by atoms with Gasteiger partial charge in [0.25, 0.3) is 0 Å². The number of nitrogen functional groups attached to an aromatic ring is 1. The predicted octanol–water partition coefficient (Wildman–Crippen LogP) is 1.59. The number of fused-ring (bicyclic) bond motifs is 1. The maximum absolute atomic E-state index is 5.88. The number of nitrogens with zero attached hydrogens (tertiary/aromatic N) is 3. The van der Waals surface area contributed by atoms with Gasteiger partial charge in [-0.1, -0.05) is 6.92 Å². The fraction of sp³-hybridized carbons (Fsp3) is 0.400. The number of nitrogens with two attached hydrogens (primary N) is 1. The fourth-order valence-electron chi connectivity index (χ4n) is 1.98. The summed E-state index contributed by atoms with van der Waals surface area (Å²) in [4.78, 5) is 8.32. The Kier molecular flexibility index (Phi) is 1.37. The lowest BCUT2D eigenvalue weighted by Gasteiger charge is -2.03. The molecule has 1 aliphatic rings. The molecule has 0 saturated heterocycles. The van der Waals surface area contributed by atoms with Gasteiger partial charge >= 0.3 is 0 Å². The fourth-order valence-corrected chi connectivity index (χ4v) is 1.98. The van der Waals surface area contributed by atoms with Crippen LogP contribution in [0.5, 0.6) is 0 Å². The molecular weight excluding hydrogens is 176 g/mol. The van der Waals surface area contributed by atoms with Gasteiger partial charge in [-0.3, -0.25) is 4.98 Å². The average molecular weight is 188 g/mol.